The van der Waals surface area contributed by atoms with E-state index in [9.17, 15) is 9.90 Å². The Morgan fingerprint density at radius 2 is 1.92 bits per heavy atom. The summed E-state index contributed by atoms with van der Waals surface area (Å²) in [7, 11) is 0. The van der Waals surface area contributed by atoms with Crippen LogP contribution in [0.3, 0.4) is 0 Å². The van der Waals surface area contributed by atoms with Gasteiger partial charge in [0, 0.05) is 12.1 Å². The lowest BCUT2D eigenvalue weighted by molar-refractivity contribution is -0.121. The molecule has 3 aromatic rings. The molecule has 1 unspecified atom stereocenters. The van der Waals surface area contributed by atoms with Crippen molar-refractivity contribution in [2.75, 3.05) is 0 Å². The molecule has 2 aromatic carbocycles. The highest BCUT2D eigenvalue weighted by Crippen LogP contribution is 2.21. The van der Waals surface area contributed by atoms with Gasteiger partial charge >= 0.3 is 0 Å². The van der Waals surface area contributed by atoms with Crippen LogP contribution in [0.5, 0.6) is 5.75 Å². The van der Waals surface area contributed by atoms with Crippen LogP contribution in [-0.2, 0) is 17.8 Å². The second kappa shape index (κ2) is 6.74. The minimum atomic E-state index is -0.212. The summed E-state index contributed by atoms with van der Waals surface area (Å²) in [6.45, 7) is 4.78. The first-order valence-corrected chi connectivity index (χ1v) is 8.11. The van der Waals surface area contributed by atoms with E-state index in [4.69, 9.17) is 0 Å². The smallest absolute Gasteiger partial charge is 0.225 e. The summed E-state index contributed by atoms with van der Waals surface area (Å²) in [5.41, 5.74) is 2.61. The van der Waals surface area contributed by atoms with E-state index in [1.54, 1.807) is 18.2 Å². The number of nitrogens with one attached hydrogen (secondary N) is 1. The zero-order valence-corrected chi connectivity index (χ0v) is 13.9. The van der Waals surface area contributed by atoms with Crippen molar-refractivity contribution in [3.8, 4) is 5.75 Å². The molecule has 0 aliphatic heterocycles. The third-order valence-corrected chi connectivity index (χ3v) is 4.11. The standard InChI is InChI=1S/C19H21N3O2/c1-3-22-16-10-6-5-9-15(16)21-19(22)13(2)20-18(24)12-14-8-4-7-11-17(14)23/h4-11,13,23H,3,12H2,1-2H3,(H,20,24). The molecule has 1 amide bonds. The first-order valence-electron chi connectivity index (χ1n) is 8.11. The lowest BCUT2D eigenvalue weighted by Crippen LogP contribution is -2.30. The van der Waals surface area contributed by atoms with Gasteiger partial charge in [0.1, 0.15) is 11.6 Å². The second-order valence-corrected chi connectivity index (χ2v) is 5.80. The number of amides is 1. The fourth-order valence-electron chi connectivity index (χ4n) is 2.95. The lowest BCUT2D eigenvalue weighted by atomic mass is 10.1. The molecule has 1 aromatic heterocycles. The normalized spacial score (nSPS) is 12.2. The van der Waals surface area contributed by atoms with Crippen LogP contribution in [0.25, 0.3) is 11.0 Å². The number of carbonyl (C=O) groups is 1. The minimum absolute atomic E-state index is 0.140. The van der Waals surface area contributed by atoms with Crippen LogP contribution in [-0.4, -0.2) is 20.6 Å². The number of fused-ring (bicyclic) bond motifs is 1. The van der Waals surface area contributed by atoms with Gasteiger partial charge in [0.2, 0.25) is 5.91 Å². The van der Waals surface area contributed by atoms with Gasteiger partial charge < -0.3 is 15.0 Å². The number of nitrogens with zero attached hydrogens (tertiary/aromatic N) is 2. The monoisotopic (exact) mass is 323 g/mol. The van der Waals surface area contributed by atoms with Crippen molar-refractivity contribution in [2.24, 2.45) is 0 Å². The summed E-state index contributed by atoms with van der Waals surface area (Å²) in [6, 6.07) is 14.6. The fourth-order valence-corrected chi connectivity index (χ4v) is 2.95. The van der Waals surface area contributed by atoms with Crippen molar-refractivity contribution in [2.45, 2.75) is 32.9 Å². The quantitative estimate of drug-likeness (QED) is 0.758. The molecule has 0 radical (unpaired) electrons. The van der Waals surface area contributed by atoms with Crippen LogP contribution in [0, 0.1) is 0 Å². The average Bonchev–Trinajstić information content (AvgIpc) is 2.95. The van der Waals surface area contributed by atoms with Gasteiger partial charge in [-0.1, -0.05) is 30.3 Å². The third kappa shape index (κ3) is 3.11. The van der Waals surface area contributed by atoms with Gasteiger partial charge in [-0.15, -0.1) is 0 Å². The highest BCUT2D eigenvalue weighted by Gasteiger charge is 2.18. The van der Waals surface area contributed by atoms with Crippen LogP contribution in [0.2, 0.25) is 0 Å². The van der Waals surface area contributed by atoms with E-state index in [1.807, 2.05) is 37.3 Å². The molecule has 0 spiro atoms. The molecule has 5 heteroatoms. The Morgan fingerprint density at radius 3 is 2.67 bits per heavy atom. The summed E-state index contributed by atoms with van der Waals surface area (Å²) < 4.78 is 2.11. The van der Waals surface area contributed by atoms with Gasteiger partial charge in [-0.25, -0.2) is 4.98 Å². The van der Waals surface area contributed by atoms with E-state index in [-0.39, 0.29) is 24.1 Å². The third-order valence-electron chi connectivity index (χ3n) is 4.11. The van der Waals surface area contributed by atoms with Crippen LogP contribution < -0.4 is 5.32 Å². The van der Waals surface area contributed by atoms with Crippen LogP contribution >= 0.6 is 0 Å². The maximum absolute atomic E-state index is 12.3. The van der Waals surface area contributed by atoms with Gasteiger partial charge in [0.05, 0.1) is 23.5 Å². The minimum Gasteiger partial charge on any atom is -0.508 e. The first-order chi connectivity index (χ1) is 11.6. The Hall–Kier alpha value is -2.82. The van der Waals surface area contributed by atoms with Gasteiger partial charge in [0.25, 0.3) is 0 Å². The number of imidazole rings is 1. The molecule has 0 aliphatic carbocycles. The highest BCUT2D eigenvalue weighted by atomic mass is 16.3. The second-order valence-electron chi connectivity index (χ2n) is 5.80. The molecule has 124 valence electrons. The van der Waals surface area contributed by atoms with Crippen LogP contribution in [0.15, 0.2) is 48.5 Å². The number of aryl methyl sites for hydroxylation is 1. The van der Waals surface area contributed by atoms with Crippen molar-refractivity contribution in [1.82, 2.24) is 14.9 Å². The van der Waals surface area contributed by atoms with Crippen LogP contribution in [0.1, 0.15) is 31.3 Å². The zero-order valence-electron chi connectivity index (χ0n) is 13.9. The number of benzene rings is 2. The van der Waals surface area contributed by atoms with E-state index in [0.29, 0.717) is 5.56 Å². The molecular weight excluding hydrogens is 302 g/mol. The van der Waals surface area contributed by atoms with E-state index < -0.39 is 0 Å². The number of carbonyl (C=O) groups excluding carboxylic acids is 1. The maximum atomic E-state index is 12.3. The number of aromatic hydroxyl groups is 1. The van der Waals surface area contributed by atoms with Crippen molar-refractivity contribution in [3.63, 3.8) is 0 Å². The molecule has 0 saturated heterocycles. The number of para-hydroxylation sites is 3. The van der Waals surface area contributed by atoms with E-state index in [2.05, 4.69) is 21.8 Å². The molecular formula is C19H21N3O2. The van der Waals surface area contributed by atoms with Gasteiger partial charge in [-0.3, -0.25) is 4.79 Å². The Balaban J connectivity index is 1.78. The van der Waals surface area contributed by atoms with Crippen molar-refractivity contribution >= 4 is 16.9 Å². The Bertz CT molecular complexity index is 870. The molecule has 0 aliphatic rings. The number of rotatable bonds is 5. The molecule has 5 nitrogen and oxygen atoms in total. The molecule has 1 atom stereocenters. The Kier molecular flexibility index (Phi) is 4.51. The summed E-state index contributed by atoms with van der Waals surface area (Å²) in [4.78, 5) is 17.0. The topological polar surface area (TPSA) is 67.2 Å². The highest BCUT2D eigenvalue weighted by molar-refractivity contribution is 5.80. The van der Waals surface area contributed by atoms with Crippen LogP contribution in [0.4, 0.5) is 0 Å². The largest absolute Gasteiger partial charge is 0.508 e. The molecule has 3 rings (SSSR count). The lowest BCUT2D eigenvalue weighted by Gasteiger charge is -2.15. The molecule has 0 saturated carbocycles. The molecule has 24 heavy (non-hydrogen) atoms. The number of hydrogen-bond donors (Lipinski definition) is 2. The van der Waals surface area contributed by atoms with Crippen molar-refractivity contribution in [1.29, 1.82) is 0 Å². The first kappa shape index (κ1) is 16.1. The van der Waals surface area contributed by atoms with Crippen molar-refractivity contribution < 1.29 is 9.90 Å². The van der Waals surface area contributed by atoms with E-state index in [1.165, 1.54) is 0 Å². The van der Waals surface area contributed by atoms with Gasteiger partial charge in [-0.2, -0.15) is 0 Å². The fraction of sp³-hybridized carbons (Fsp3) is 0.263. The molecule has 1 heterocycles. The predicted octanol–water partition coefficient (Wildman–Crippen LogP) is 3.18. The van der Waals surface area contributed by atoms with Gasteiger partial charge in [-0.05, 0) is 32.0 Å². The predicted molar refractivity (Wildman–Crippen MR) is 93.8 cm³/mol. The molecule has 0 bridgehead atoms. The summed E-state index contributed by atoms with van der Waals surface area (Å²) >= 11 is 0. The SMILES string of the molecule is CCn1c(C(C)NC(=O)Cc2ccccc2O)nc2ccccc21. The zero-order chi connectivity index (χ0) is 17.1. The average molecular weight is 323 g/mol. The molecule has 0 fully saturated rings. The maximum Gasteiger partial charge on any atom is 0.225 e. The summed E-state index contributed by atoms with van der Waals surface area (Å²) in [5, 5.41) is 12.8. The number of phenols is 1. The Morgan fingerprint density at radius 1 is 1.21 bits per heavy atom. The summed E-state index contributed by atoms with van der Waals surface area (Å²) in [6.07, 6.45) is 0.142. The van der Waals surface area contributed by atoms with E-state index >= 15 is 0 Å². The van der Waals surface area contributed by atoms with Gasteiger partial charge in [0.15, 0.2) is 0 Å². The van der Waals surface area contributed by atoms with E-state index in [0.717, 1.165) is 23.4 Å². The summed E-state index contributed by atoms with van der Waals surface area (Å²) in [5.74, 6) is 0.837. The number of hydrogen-bond acceptors (Lipinski definition) is 3. The van der Waals surface area contributed by atoms with Crippen molar-refractivity contribution in [3.05, 3.63) is 59.9 Å². The number of phenolic OH excluding ortho intramolecular Hbond substituents is 1. The Labute approximate surface area is 141 Å². The number of aromatic nitrogens is 2. The molecule has 2 N–H and O–H groups in total.